The van der Waals surface area contributed by atoms with Crippen molar-refractivity contribution in [2.45, 2.75) is 191 Å². The Hall–Kier alpha value is -1.92. The minimum Gasteiger partial charge on any atom is -0.479 e. The Bertz CT molecular complexity index is 1830. The summed E-state index contributed by atoms with van der Waals surface area (Å²) >= 11 is 0. The Morgan fingerprint density at radius 2 is 1.42 bits per heavy atom. The number of carbonyl (C=O) groups is 2. The molecule has 0 aromatic rings. The van der Waals surface area contributed by atoms with Gasteiger partial charge in [0.1, 0.15) is 61.0 Å². The molecule has 0 bridgehead atoms. The van der Waals surface area contributed by atoms with Crippen molar-refractivity contribution in [3.8, 4) is 0 Å². The average molecular weight is 943 g/mol. The number of aliphatic hydroxyl groups excluding tert-OH is 10. The molecule has 19 nitrogen and oxygen atoms in total. The van der Waals surface area contributed by atoms with Crippen LogP contribution in [-0.2, 0) is 38.0 Å². The largest absolute Gasteiger partial charge is 0.479 e. The molecule has 66 heavy (non-hydrogen) atoms. The molecule has 25 atom stereocenters. The molecule has 5 aliphatic carbocycles. The summed E-state index contributed by atoms with van der Waals surface area (Å²) in [5.74, 6) is -1.91. The second-order valence-electron chi connectivity index (χ2n) is 22.3. The smallest absolute Gasteiger partial charge is 0.335 e. The van der Waals surface area contributed by atoms with E-state index in [2.05, 4.69) is 40.7 Å². The third-order valence-electron chi connectivity index (χ3n) is 19.4. The molecule has 0 aromatic heterocycles. The van der Waals surface area contributed by atoms with Crippen molar-refractivity contribution in [1.29, 1.82) is 0 Å². The van der Waals surface area contributed by atoms with Crippen LogP contribution in [0.2, 0.25) is 0 Å². The Morgan fingerprint density at radius 3 is 2.09 bits per heavy atom. The number of allylic oxidation sites excluding steroid dienone is 2. The highest BCUT2D eigenvalue weighted by Crippen LogP contribution is 2.76. The lowest BCUT2D eigenvalue weighted by Gasteiger charge is -2.71. The zero-order valence-corrected chi connectivity index (χ0v) is 38.8. The predicted molar refractivity (Wildman–Crippen MR) is 226 cm³/mol. The summed E-state index contributed by atoms with van der Waals surface area (Å²) in [7, 11) is 0. The molecule has 3 aliphatic heterocycles. The predicted octanol–water partition coefficient (Wildman–Crippen LogP) is -0.300. The fourth-order valence-electron chi connectivity index (χ4n) is 15.0. The summed E-state index contributed by atoms with van der Waals surface area (Å²) in [6.07, 6.45) is -16.0. The highest BCUT2D eigenvalue weighted by molar-refractivity contribution is 5.79. The molecule has 0 radical (unpaired) electrons. The zero-order chi connectivity index (χ0) is 48.2. The number of aliphatic carboxylic acids is 1. The van der Waals surface area contributed by atoms with Gasteiger partial charge in [0.25, 0.3) is 0 Å². The van der Waals surface area contributed by atoms with Gasteiger partial charge in [0, 0.05) is 5.41 Å². The minimum absolute atomic E-state index is 0.0871. The highest BCUT2D eigenvalue weighted by Gasteiger charge is 2.71. The van der Waals surface area contributed by atoms with Crippen LogP contribution < -0.4 is 0 Å². The van der Waals surface area contributed by atoms with Gasteiger partial charge < -0.3 is 84.6 Å². The van der Waals surface area contributed by atoms with Gasteiger partial charge in [-0.3, -0.25) is 4.79 Å². The quantitative estimate of drug-likeness (QED) is 0.0803. The van der Waals surface area contributed by atoms with Crippen molar-refractivity contribution in [2.75, 3.05) is 19.8 Å². The van der Waals surface area contributed by atoms with Gasteiger partial charge in [-0.05, 0) is 104 Å². The fourth-order valence-corrected chi connectivity index (χ4v) is 15.0. The van der Waals surface area contributed by atoms with E-state index in [0.717, 1.165) is 12.8 Å². The third kappa shape index (κ3) is 7.56. The van der Waals surface area contributed by atoms with Crippen molar-refractivity contribution < 1.29 is 94.2 Å². The number of rotatable bonds is 9. The lowest BCUT2D eigenvalue weighted by atomic mass is 9.33. The van der Waals surface area contributed by atoms with Crippen LogP contribution in [-0.4, -0.2) is 180 Å². The SMILES string of the molecule is C[C@H]1[C@H](C)CC[C@]2(C(=O)O[C@@H]3O[C@H](CO)[C@@H](O)[C@H](O)[C@H]3O)CC[C@]3(C)C(=CC[C@@H]4[C@@]5(C)CC[C@H](O[C@@H]6O[C@H](C(=O)O)[C@@H](O)[C@H](O)[C@H]6O[C@H]6OC[C@H](O)[C@H](O)[C@H]6O)[C@@](C)(CO)[C@@H]5CC[C@]43C)[C@H]12. The first kappa shape index (κ1) is 50.5. The Kier molecular flexibility index (Phi) is 13.8. The topological polar surface area (TPSA) is 312 Å². The third-order valence-corrected chi connectivity index (χ3v) is 19.4. The minimum atomic E-state index is -1.97. The number of carboxylic acids is 1. The molecule has 0 amide bonds. The normalized spacial score (nSPS) is 55.0. The standard InChI is InChI=1S/C47H74O19/c1-20-9-14-47(42(60)66-40-35(57)31(53)30(52)24(17-48)62-40)16-15-45(5)22(28(47)21(20)2)7-8-26-43(3)12-11-27(44(4,19-49)25(43)10-13-46(26,45)6)63-41-37(33(55)32(54)36(64-41)38(58)59)65-39-34(56)29(51)23(50)18-61-39/h7,20-21,23-37,39-41,48-57H,8-19H2,1-6H3,(H,58,59)/t20-,21+,23+,24-,25-,26-,27+,28+,29+,30-,31+,32+,33+,34-,35-,36+,37-,39-,40+,41-,43+,44+,45-,46-,47+/m1/s1. The zero-order valence-electron chi connectivity index (χ0n) is 38.8. The molecule has 11 N–H and O–H groups in total. The second kappa shape index (κ2) is 18.0. The molecule has 3 heterocycles. The highest BCUT2D eigenvalue weighted by atomic mass is 16.8. The van der Waals surface area contributed by atoms with Gasteiger partial charge in [-0.1, -0.05) is 53.2 Å². The first-order valence-corrected chi connectivity index (χ1v) is 24.0. The van der Waals surface area contributed by atoms with E-state index in [1.54, 1.807) is 0 Å². The van der Waals surface area contributed by atoms with Crippen molar-refractivity contribution in [2.24, 2.45) is 56.7 Å². The number of hydrogen-bond acceptors (Lipinski definition) is 18. The number of ether oxygens (including phenoxy) is 6. The van der Waals surface area contributed by atoms with Crippen molar-refractivity contribution in [3.05, 3.63) is 11.6 Å². The maximum atomic E-state index is 14.7. The molecule has 19 heteroatoms. The number of aliphatic hydroxyl groups is 10. The number of carbonyl (C=O) groups excluding carboxylic acids is 1. The summed E-state index contributed by atoms with van der Waals surface area (Å²) in [6, 6.07) is 0. The van der Waals surface area contributed by atoms with Gasteiger partial charge in [-0.2, -0.15) is 0 Å². The number of carboxylic acid groups (broad SMARTS) is 1. The second-order valence-corrected chi connectivity index (χ2v) is 22.3. The molecule has 3 saturated heterocycles. The number of fused-ring (bicyclic) bond motifs is 7. The van der Waals surface area contributed by atoms with Gasteiger partial charge in [-0.15, -0.1) is 0 Å². The summed E-state index contributed by atoms with van der Waals surface area (Å²) in [5, 5.41) is 116. The van der Waals surface area contributed by atoms with Crippen molar-refractivity contribution in [1.82, 2.24) is 0 Å². The van der Waals surface area contributed by atoms with Gasteiger partial charge >= 0.3 is 11.9 Å². The van der Waals surface area contributed by atoms with Crippen LogP contribution in [0.3, 0.4) is 0 Å². The lowest BCUT2D eigenvalue weighted by Crippen LogP contribution is -2.68. The Labute approximate surface area is 385 Å². The Morgan fingerprint density at radius 1 is 0.727 bits per heavy atom. The van der Waals surface area contributed by atoms with E-state index in [-0.39, 0.29) is 46.5 Å². The Balaban J connectivity index is 1.07. The molecule has 376 valence electrons. The summed E-state index contributed by atoms with van der Waals surface area (Å²) in [5.41, 5.74) is -1.62. The summed E-state index contributed by atoms with van der Waals surface area (Å²) in [4.78, 5) is 27.0. The molecule has 7 fully saturated rings. The van der Waals surface area contributed by atoms with Gasteiger partial charge in [0.05, 0.1) is 31.3 Å². The molecule has 8 aliphatic rings. The lowest BCUT2D eigenvalue weighted by molar-refractivity contribution is -0.367. The first-order valence-electron chi connectivity index (χ1n) is 24.0. The van der Waals surface area contributed by atoms with Crippen LogP contribution in [0.4, 0.5) is 0 Å². The average Bonchev–Trinajstić information content (AvgIpc) is 3.28. The molecule has 0 spiro atoms. The van der Waals surface area contributed by atoms with Crippen molar-refractivity contribution >= 4 is 11.9 Å². The molecular formula is C47H74O19. The monoisotopic (exact) mass is 942 g/mol. The van der Waals surface area contributed by atoms with Crippen LogP contribution in [0.15, 0.2) is 11.6 Å². The van der Waals surface area contributed by atoms with Crippen LogP contribution in [0.1, 0.15) is 99.3 Å². The van der Waals surface area contributed by atoms with Gasteiger partial charge in [0.2, 0.25) is 6.29 Å². The van der Waals surface area contributed by atoms with Crippen LogP contribution in [0.25, 0.3) is 0 Å². The van der Waals surface area contributed by atoms with Crippen LogP contribution in [0, 0.1) is 56.7 Å². The first-order chi connectivity index (χ1) is 30.9. The maximum Gasteiger partial charge on any atom is 0.335 e. The van der Waals surface area contributed by atoms with Crippen molar-refractivity contribution in [3.63, 3.8) is 0 Å². The maximum absolute atomic E-state index is 14.7. The van der Waals surface area contributed by atoms with E-state index in [4.69, 9.17) is 28.4 Å². The van der Waals surface area contributed by atoms with Crippen LogP contribution >= 0.6 is 0 Å². The van der Waals surface area contributed by atoms with E-state index in [9.17, 15) is 65.8 Å². The van der Waals surface area contributed by atoms with E-state index in [1.807, 2.05) is 6.92 Å². The van der Waals surface area contributed by atoms with Crippen LogP contribution in [0.5, 0.6) is 0 Å². The molecule has 4 saturated carbocycles. The molecule has 0 aromatic carbocycles. The van der Waals surface area contributed by atoms with E-state index >= 15 is 0 Å². The number of hydrogen-bond donors (Lipinski definition) is 11. The molecular weight excluding hydrogens is 868 g/mol. The molecule has 0 unspecified atom stereocenters. The molecule has 8 rings (SSSR count). The van der Waals surface area contributed by atoms with E-state index in [1.165, 1.54) is 5.57 Å². The fraction of sp³-hybridized carbons (Fsp3) is 0.915. The van der Waals surface area contributed by atoms with E-state index < -0.39 is 128 Å². The summed E-state index contributed by atoms with van der Waals surface area (Å²) in [6.45, 7) is 12.0. The van der Waals surface area contributed by atoms with Gasteiger partial charge in [0.15, 0.2) is 18.7 Å². The van der Waals surface area contributed by atoms with Gasteiger partial charge in [-0.25, -0.2) is 4.79 Å². The summed E-state index contributed by atoms with van der Waals surface area (Å²) < 4.78 is 35.4. The number of esters is 1. The van der Waals surface area contributed by atoms with E-state index in [0.29, 0.717) is 50.9 Å².